The quantitative estimate of drug-likeness (QED) is 0.713. The molecule has 2 aliphatic heterocycles. The largest absolute Gasteiger partial charge is 0.506 e. The van der Waals surface area contributed by atoms with E-state index >= 15 is 0 Å². The van der Waals surface area contributed by atoms with Gasteiger partial charge in [0.2, 0.25) is 0 Å². The van der Waals surface area contributed by atoms with E-state index in [0.29, 0.717) is 11.7 Å². The van der Waals surface area contributed by atoms with Crippen LogP contribution in [-0.4, -0.2) is 23.1 Å². The van der Waals surface area contributed by atoms with Crippen molar-refractivity contribution in [3.8, 4) is 0 Å². The summed E-state index contributed by atoms with van der Waals surface area (Å²) in [6.07, 6.45) is 15.2. The van der Waals surface area contributed by atoms with Crippen LogP contribution in [0.3, 0.4) is 0 Å². The summed E-state index contributed by atoms with van der Waals surface area (Å²) in [7, 11) is 0. The summed E-state index contributed by atoms with van der Waals surface area (Å²) >= 11 is 0. The lowest BCUT2D eigenvalue weighted by Crippen LogP contribution is -2.40. The lowest BCUT2D eigenvalue weighted by molar-refractivity contribution is 0.231. The standard InChI is InChI=1S/C17H21NO/c19-16-6-3-10-18-11-9-14-13-5-2-1-4-12(13)7-8-15(14)17(16)18/h3,6-8,13-14,19H,1-2,4-5,9-11H2. The first-order chi connectivity index (χ1) is 9.34. The molecule has 0 aromatic rings. The highest BCUT2D eigenvalue weighted by molar-refractivity contribution is 5.47. The Morgan fingerprint density at radius 3 is 3.00 bits per heavy atom. The fourth-order valence-electron chi connectivity index (χ4n) is 4.33. The lowest BCUT2D eigenvalue weighted by Gasteiger charge is -2.45. The van der Waals surface area contributed by atoms with Crippen molar-refractivity contribution >= 4 is 0 Å². The van der Waals surface area contributed by atoms with Crippen LogP contribution in [0.4, 0.5) is 0 Å². The minimum Gasteiger partial charge on any atom is -0.506 e. The van der Waals surface area contributed by atoms with Gasteiger partial charge in [-0.15, -0.1) is 0 Å². The Bertz CT molecular complexity index is 523. The first-order valence-electron chi connectivity index (χ1n) is 7.60. The van der Waals surface area contributed by atoms with E-state index in [0.717, 1.165) is 24.7 Å². The Morgan fingerprint density at radius 2 is 2.05 bits per heavy atom. The third-order valence-corrected chi connectivity index (χ3v) is 5.21. The molecule has 2 heterocycles. The molecule has 2 fully saturated rings. The Kier molecular flexibility index (Phi) is 2.57. The lowest BCUT2D eigenvalue weighted by atomic mass is 9.67. The van der Waals surface area contributed by atoms with Crippen molar-refractivity contribution in [1.29, 1.82) is 0 Å². The van der Waals surface area contributed by atoms with Crippen molar-refractivity contribution in [2.24, 2.45) is 11.8 Å². The number of hydrogen-bond donors (Lipinski definition) is 1. The molecule has 2 atom stereocenters. The SMILES string of the molecule is OC1=C2C3=CC=C4CCCCC4C3CCN2CC=C1. The maximum absolute atomic E-state index is 10.2. The first-order valence-corrected chi connectivity index (χ1v) is 7.60. The van der Waals surface area contributed by atoms with E-state index in [2.05, 4.69) is 23.1 Å². The van der Waals surface area contributed by atoms with Crippen molar-refractivity contribution < 1.29 is 5.11 Å². The van der Waals surface area contributed by atoms with Gasteiger partial charge >= 0.3 is 0 Å². The van der Waals surface area contributed by atoms with E-state index in [4.69, 9.17) is 0 Å². The van der Waals surface area contributed by atoms with Crippen LogP contribution in [0.1, 0.15) is 32.1 Å². The van der Waals surface area contributed by atoms with Gasteiger partial charge in [0, 0.05) is 13.1 Å². The predicted octanol–water partition coefficient (Wildman–Crippen LogP) is 3.70. The maximum atomic E-state index is 10.2. The topological polar surface area (TPSA) is 23.5 Å². The van der Waals surface area contributed by atoms with Gasteiger partial charge in [-0.05, 0) is 49.2 Å². The summed E-state index contributed by atoms with van der Waals surface area (Å²) < 4.78 is 0. The molecule has 4 aliphatic rings. The number of fused-ring (bicyclic) bond motifs is 5. The molecule has 19 heavy (non-hydrogen) atoms. The smallest absolute Gasteiger partial charge is 0.138 e. The molecule has 2 heteroatoms. The molecule has 1 N–H and O–H groups in total. The predicted molar refractivity (Wildman–Crippen MR) is 76.6 cm³/mol. The minimum atomic E-state index is 0.467. The summed E-state index contributed by atoms with van der Waals surface area (Å²) in [6.45, 7) is 2.04. The second kappa shape index (κ2) is 4.29. The number of rotatable bonds is 0. The molecule has 2 nitrogen and oxygen atoms in total. The van der Waals surface area contributed by atoms with Gasteiger partial charge in [-0.1, -0.05) is 30.2 Å². The van der Waals surface area contributed by atoms with Crippen LogP contribution >= 0.6 is 0 Å². The summed E-state index contributed by atoms with van der Waals surface area (Å²) in [4.78, 5) is 2.33. The maximum Gasteiger partial charge on any atom is 0.138 e. The molecule has 2 unspecified atom stereocenters. The highest BCUT2D eigenvalue weighted by atomic mass is 16.3. The number of nitrogens with zero attached hydrogens (tertiary/aromatic N) is 1. The number of piperidine rings is 1. The van der Waals surface area contributed by atoms with E-state index in [1.54, 1.807) is 5.57 Å². The van der Waals surface area contributed by atoms with Crippen molar-refractivity contribution in [3.63, 3.8) is 0 Å². The zero-order valence-corrected chi connectivity index (χ0v) is 11.3. The highest BCUT2D eigenvalue weighted by Crippen LogP contribution is 2.47. The molecule has 0 bridgehead atoms. The zero-order chi connectivity index (χ0) is 12.8. The second-order valence-corrected chi connectivity index (χ2v) is 6.19. The molecule has 1 saturated carbocycles. The molecule has 4 rings (SSSR count). The zero-order valence-electron chi connectivity index (χ0n) is 11.3. The van der Waals surface area contributed by atoms with Crippen molar-refractivity contribution in [1.82, 2.24) is 4.90 Å². The molecule has 0 radical (unpaired) electrons. The first kappa shape index (κ1) is 11.4. The number of hydrogen-bond acceptors (Lipinski definition) is 2. The average molecular weight is 255 g/mol. The molecule has 0 aromatic carbocycles. The van der Waals surface area contributed by atoms with Crippen LogP contribution in [-0.2, 0) is 0 Å². The van der Waals surface area contributed by atoms with E-state index < -0.39 is 0 Å². The molecule has 2 aliphatic carbocycles. The normalized spacial score (nSPS) is 33.2. The highest BCUT2D eigenvalue weighted by Gasteiger charge is 2.38. The van der Waals surface area contributed by atoms with E-state index in [9.17, 15) is 5.11 Å². The van der Waals surface area contributed by atoms with Crippen LogP contribution < -0.4 is 0 Å². The van der Waals surface area contributed by atoms with Gasteiger partial charge in [-0.2, -0.15) is 0 Å². The Hall–Kier alpha value is -1.44. The third kappa shape index (κ3) is 1.69. The Morgan fingerprint density at radius 1 is 1.11 bits per heavy atom. The molecule has 0 spiro atoms. The van der Waals surface area contributed by atoms with Crippen LogP contribution in [0.25, 0.3) is 0 Å². The molecular formula is C17H21NO. The monoisotopic (exact) mass is 255 g/mol. The van der Waals surface area contributed by atoms with Crippen molar-refractivity contribution in [2.75, 3.05) is 13.1 Å². The average Bonchev–Trinajstić information content (AvgIpc) is 2.46. The van der Waals surface area contributed by atoms with Crippen molar-refractivity contribution in [2.45, 2.75) is 32.1 Å². The summed E-state index contributed by atoms with van der Waals surface area (Å²) in [5, 5.41) is 10.2. The third-order valence-electron chi connectivity index (χ3n) is 5.21. The summed E-state index contributed by atoms with van der Waals surface area (Å²) in [5.41, 5.74) is 4.17. The van der Waals surface area contributed by atoms with Gasteiger partial charge in [0.25, 0.3) is 0 Å². The molecule has 100 valence electrons. The van der Waals surface area contributed by atoms with Crippen LogP contribution in [0, 0.1) is 11.8 Å². The van der Waals surface area contributed by atoms with Gasteiger partial charge < -0.3 is 10.0 Å². The molecule has 0 aromatic heterocycles. The molecule has 1 saturated heterocycles. The van der Waals surface area contributed by atoms with Gasteiger partial charge in [-0.25, -0.2) is 0 Å². The Balaban J connectivity index is 1.78. The van der Waals surface area contributed by atoms with Crippen LogP contribution in [0.15, 0.2) is 46.9 Å². The van der Waals surface area contributed by atoms with E-state index in [1.807, 2.05) is 6.08 Å². The second-order valence-electron chi connectivity index (χ2n) is 6.19. The summed E-state index contributed by atoms with van der Waals surface area (Å²) in [5.74, 6) is 1.87. The van der Waals surface area contributed by atoms with E-state index in [1.165, 1.54) is 37.7 Å². The number of aliphatic hydroxyl groups is 1. The van der Waals surface area contributed by atoms with Gasteiger partial charge in [-0.3, -0.25) is 0 Å². The van der Waals surface area contributed by atoms with Crippen LogP contribution in [0.5, 0.6) is 0 Å². The Labute approximate surface area is 114 Å². The fourth-order valence-corrected chi connectivity index (χ4v) is 4.33. The van der Waals surface area contributed by atoms with Gasteiger partial charge in [0.1, 0.15) is 5.76 Å². The number of allylic oxidation sites excluding steroid dienone is 5. The van der Waals surface area contributed by atoms with Gasteiger partial charge in [0.05, 0.1) is 5.70 Å². The van der Waals surface area contributed by atoms with Gasteiger partial charge in [0.15, 0.2) is 0 Å². The molecule has 0 amide bonds. The van der Waals surface area contributed by atoms with Crippen molar-refractivity contribution in [3.05, 3.63) is 46.9 Å². The number of aliphatic hydroxyl groups excluding tert-OH is 1. The minimum absolute atomic E-state index is 0.467. The fraction of sp³-hybridized carbons (Fsp3) is 0.529. The van der Waals surface area contributed by atoms with E-state index in [-0.39, 0.29) is 0 Å². The van der Waals surface area contributed by atoms with Crippen LogP contribution in [0.2, 0.25) is 0 Å². The summed E-state index contributed by atoms with van der Waals surface area (Å²) in [6, 6.07) is 0. The molecular weight excluding hydrogens is 234 g/mol.